The van der Waals surface area contributed by atoms with Crippen LogP contribution >= 0.6 is 0 Å². The second-order valence-electron chi connectivity index (χ2n) is 6.85. The summed E-state index contributed by atoms with van der Waals surface area (Å²) in [5, 5.41) is 6.33. The number of hydrogen-bond acceptors (Lipinski definition) is 3. The first kappa shape index (κ1) is 17.0. The van der Waals surface area contributed by atoms with E-state index >= 15 is 0 Å². The van der Waals surface area contributed by atoms with Crippen LogP contribution in [0.4, 0.5) is 0 Å². The lowest BCUT2D eigenvalue weighted by molar-refractivity contribution is -0.139. The van der Waals surface area contributed by atoms with Crippen molar-refractivity contribution < 1.29 is 9.59 Å². The monoisotopic (exact) mass is 329 g/mol. The van der Waals surface area contributed by atoms with Crippen LogP contribution in [0.25, 0.3) is 0 Å². The van der Waals surface area contributed by atoms with Crippen molar-refractivity contribution in [3.8, 4) is 0 Å². The van der Waals surface area contributed by atoms with Gasteiger partial charge in [0.15, 0.2) is 0 Å². The number of nitrogens with one attached hydrogen (secondary N) is 2. The average molecular weight is 329 g/mol. The van der Waals surface area contributed by atoms with Crippen molar-refractivity contribution in [3.63, 3.8) is 0 Å². The molecule has 0 radical (unpaired) electrons. The molecule has 5 nitrogen and oxygen atoms in total. The Morgan fingerprint density at radius 3 is 2.50 bits per heavy atom. The van der Waals surface area contributed by atoms with Gasteiger partial charge in [-0.15, -0.1) is 0 Å². The van der Waals surface area contributed by atoms with Gasteiger partial charge < -0.3 is 15.5 Å². The third-order valence-corrected chi connectivity index (χ3v) is 5.13. The van der Waals surface area contributed by atoms with Crippen LogP contribution in [0.1, 0.15) is 31.2 Å². The van der Waals surface area contributed by atoms with Crippen LogP contribution in [0.15, 0.2) is 30.3 Å². The molecule has 2 aliphatic rings. The van der Waals surface area contributed by atoms with E-state index in [-0.39, 0.29) is 23.7 Å². The van der Waals surface area contributed by atoms with Gasteiger partial charge in [0.1, 0.15) is 0 Å². The van der Waals surface area contributed by atoms with E-state index in [4.69, 9.17) is 0 Å². The zero-order chi connectivity index (χ0) is 16.8. The fourth-order valence-corrected chi connectivity index (χ4v) is 3.61. The first-order valence-electron chi connectivity index (χ1n) is 9.05. The smallest absolute Gasteiger partial charge is 0.226 e. The van der Waals surface area contributed by atoms with Crippen molar-refractivity contribution in [3.05, 3.63) is 35.9 Å². The molecule has 0 saturated carbocycles. The lowest BCUT2D eigenvalue weighted by atomic mass is 9.93. The molecule has 2 amide bonds. The van der Waals surface area contributed by atoms with E-state index in [2.05, 4.69) is 10.6 Å². The van der Waals surface area contributed by atoms with Crippen LogP contribution < -0.4 is 10.6 Å². The zero-order valence-corrected chi connectivity index (χ0v) is 14.2. The van der Waals surface area contributed by atoms with Crippen LogP contribution in [-0.4, -0.2) is 42.9 Å². The number of carbonyl (C=O) groups excluding carboxylic acids is 2. The summed E-state index contributed by atoms with van der Waals surface area (Å²) in [4.78, 5) is 26.8. The standard InChI is InChI=1S/C19H27N3O2/c23-18(21-13-15-5-2-1-3-6-15)16-8-11-22(12-9-16)19(24)17-7-4-10-20-14-17/h1-3,5-6,16-17,20H,4,7-14H2,(H,21,23)/t17-/m0/s1. The highest BCUT2D eigenvalue weighted by Gasteiger charge is 2.31. The van der Waals surface area contributed by atoms with Crippen LogP contribution in [0.5, 0.6) is 0 Å². The lowest BCUT2D eigenvalue weighted by Gasteiger charge is -2.34. The number of benzene rings is 1. The Morgan fingerprint density at radius 2 is 1.83 bits per heavy atom. The highest BCUT2D eigenvalue weighted by molar-refractivity contribution is 5.81. The molecule has 1 atom stereocenters. The predicted molar refractivity (Wildman–Crippen MR) is 93.2 cm³/mol. The van der Waals surface area contributed by atoms with Crippen molar-refractivity contribution in [2.45, 2.75) is 32.2 Å². The summed E-state index contributed by atoms with van der Waals surface area (Å²) < 4.78 is 0. The van der Waals surface area contributed by atoms with Gasteiger partial charge in [0.2, 0.25) is 11.8 Å². The minimum absolute atomic E-state index is 0.0299. The first-order valence-corrected chi connectivity index (χ1v) is 9.05. The second kappa shape index (κ2) is 8.29. The SMILES string of the molecule is O=C(NCc1ccccc1)C1CCN(C(=O)[C@H]2CCCNC2)CC1. The molecule has 0 aromatic heterocycles. The van der Waals surface area contributed by atoms with Gasteiger partial charge in [-0.05, 0) is 37.8 Å². The van der Waals surface area contributed by atoms with Crippen LogP contribution in [0.2, 0.25) is 0 Å². The summed E-state index contributed by atoms with van der Waals surface area (Å²) in [5.41, 5.74) is 1.11. The number of hydrogen-bond donors (Lipinski definition) is 2. The summed E-state index contributed by atoms with van der Waals surface area (Å²) in [5.74, 6) is 0.542. The molecule has 0 bridgehead atoms. The van der Waals surface area contributed by atoms with E-state index in [0.717, 1.165) is 44.3 Å². The quantitative estimate of drug-likeness (QED) is 0.881. The van der Waals surface area contributed by atoms with Crippen molar-refractivity contribution in [1.82, 2.24) is 15.5 Å². The second-order valence-corrected chi connectivity index (χ2v) is 6.85. The number of carbonyl (C=O) groups is 2. The highest BCUT2D eigenvalue weighted by Crippen LogP contribution is 2.21. The maximum absolute atomic E-state index is 12.5. The molecule has 5 heteroatoms. The molecule has 0 aliphatic carbocycles. The fraction of sp³-hybridized carbons (Fsp3) is 0.579. The molecule has 130 valence electrons. The summed E-state index contributed by atoms with van der Waals surface area (Å²) in [7, 11) is 0. The zero-order valence-electron chi connectivity index (χ0n) is 14.2. The molecule has 1 aromatic rings. The number of nitrogens with zero attached hydrogens (tertiary/aromatic N) is 1. The van der Waals surface area contributed by atoms with Crippen LogP contribution in [0, 0.1) is 11.8 Å². The van der Waals surface area contributed by atoms with Gasteiger partial charge in [-0.25, -0.2) is 0 Å². The molecule has 2 saturated heterocycles. The number of rotatable bonds is 4. The van der Waals surface area contributed by atoms with E-state index in [1.807, 2.05) is 35.2 Å². The van der Waals surface area contributed by atoms with Crippen molar-refractivity contribution in [2.24, 2.45) is 11.8 Å². The van der Waals surface area contributed by atoms with Crippen LogP contribution in [-0.2, 0) is 16.1 Å². The Hall–Kier alpha value is -1.88. The minimum atomic E-state index is 0.0299. The van der Waals surface area contributed by atoms with Gasteiger partial charge >= 0.3 is 0 Å². The summed E-state index contributed by atoms with van der Waals surface area (Å²) in [6.45, 7) is 3.81. The van der Waals surface area contributed by atoms with E-state index < -0.39 is 0 Å². The van der Waals surface area contributed by atoms with Crippen molar-refractivity contribution >= 4 is 11.8 Å². The Balaban J connectivity index is 1.42. The van der Waals surface area contributed by atoms with Crippen molar-refractivity contribution in [2.75, 3.05) is 26.2 Å². The van der Waals surface area contributed by atoms with E-state index in [0.29, 0.717) is 19.6 Å². The third-order valence-electron chi connectivity index (χ3n) is 5.13. The molecule has 1 aromatic carbocycles. The van der Waals surface area contributed by atoms with E-state index in [9.17, 15) is 9.59 Å². The van der Waals surface area contributed by atoms with Gasteiger partial charge in [-0.3, -0.25) is 9.59 Å². The number of likely N-dealkylation sites (tertiary alicyclic amines) is 1. The number of amides is 2. The molecular weight excluding hydrogens is 302 g/mol. The first-order chi connectivity index (χ1) is 11.7. The van der Waals surface area contributed by atoms with Gasteiger partial charge in [-0.2, -0.15) is 0 Å². The summed E-state index contributed by atoms with van der Waals surface area (Å²) >= 11 is 0. The molecule has 2 heterocycles. The largest absolute Gasteiger partial charge is 0.352 e. The Kier molecular flexibility index (Phi) is 5.86. The topological polar surface area (TPSA) is 61.4 Å². The van der Waals surface area contributed by atoms with Gasteiger partial charge in [0, 0.05) is 32.1 Å². The molecule has 2 N–H and O–H groups in total. The molecule has 2 aliphatic heterocycles. The summed E-state index contributed by atoms with van der Waals surface area (Å²) in [6, 6.07) is 9.96. The maximum atomic E-state index is 12.5. The van der Waals surface area contributed by atoms with E-state index in [1.54, 1.807) is 0 Å². The Bertz CT molecular complexity index is 547. The lowest BCUT2D eigenvalue weighted by Crippen LogP contribution is -2.47. The molecule has 0 spiro atoms. The third kappa shape index (κ3) is 4.35. The molecule has 0 unspecified atom stereocenters. The normalized spacial score (nSPS) is 22.2. The molecular formula is C19H27N3O2. The highest BCUT2D eigenvalue weighted by atomic mass is 16.2. The minimum Gasteiger partial charge on any atom is -0.352 e. The van der Waals surface area contributed by atoms with Gasteiger partial charge in [0.05, 0.1) is 5.92 Å². The molecule has 3 rings (SSSR count). The van der Waals surface area contributed by atoms with Gasteiger partial charge in [-0.1, -0.05) is 30.3 Å². The number of piperidine rings is 2. The Morgan fingerprint density at radius 1 is 1.08 bits per heavy atom. The summed E-state index contributed by atoms with van der Waals surface area (Å²) in [6.07, 6.45) is 3.61. The fourth-order valence-electron chi connectivity index (χ4n) is 3.61. The Labute approximate surface area is 143 Å². The average Bonchev–Trinajstić information content (AvgIpc) is 2.67. The predicted octanol–water partition coefficient (Wildman–Crippen LogP) is 1.54. The molecule has 2 fully saturated rings. The van der Waals surface area contributed by atoms with Gasteiger partial charge in [0.25, 0.3) is 0 Å². The molecule has 24 heavy (non-hydrogen) atoms. The van der Waals surface area contributed by atoms with Crippen LogP contribution in [0.3, 0.4) is 0 Å². The maximum Gasteiger partial charge on any atom is 0.226 e. The van der Waals surface area contributed by atoms with Crippen molar-refractivity contribution in [1.29, 1.82) is 0 Å². The van der Waals surface area contributed by atoms with E-state index in [1.165, 1.54) is 0 Å².